The lowest BCUT2D eigenvalue weighted by Gasteiger charge is -2.20. The molecule has 0 aromatic carbocycles. The smallest absolute Gasteiger partial charge is 0.0693 e. The van der Waals surface area contributed by atoms with Gasteiger partial charge in [0.05, 0.1) is 6.10 Å². The zero-order valence-corrected chi connectivity index (χ0v) is 9.81. The highest BCUT2D eigenvalue weighted by molar-refractivity contribution is 8.00. The maximum atomic E-state index is 9.80. The molecule has 0 radical (unpaired) electrons. The minimum atomic E-state index is -0.218. The molecular weight excluding hydrogens is 180 g/mol. The Kier molecular flexibility index (Phi) is 7.48. The van der Waals surface area contributed by atoms with E-state index in [9.17, 15) is 5.11 Å². The lowest BCUT2D eigenvalue weighted by molar-refractivity contribution is 0.169. The monoisotopic (exact) mass is 202 g/mol. The summed E-state index contributed by atoms with van der Waals surface area (Å²) in [5, 5.41) is 10.6. The van der Waals surface area contributed by atoms with Crippen LogP contribution >= 0.6 is 11.8 Å². The minimum absolute atomic E-state index is 0.201. The van der Waals surface area contributed by atoms with Gasteiger partial charge in [0.2, 0.25) is 0 Å². The molecule has 0 aliphatic rings. The lowest BCUT2D eigenvalue weighted by Crippen LogP contribution is -2.22. The topological polar surface area (TPSA) is 20.2 Å². The molecule has 0 aromatic heterocycles. The Hall–Kier alpha value is 0.0500. The molecule has 0 fully saturated rings. The molecule has 0 bridgehead atoms. The summed E-state index contributed by atoms with van der Waals surface area (Å²) >= 11 is 1.79. The first-order chi connectivity index (χ1) is 6.11. The van der Waals surface area contributed by atoms with Crippen LogP contribution in [0.2, 0.25) is 0 Å². The van der Waals surface area contributed by atoms with Crippen molar-refractivity contribution in [3.05, 3.63) is 12.7 Å². The molecule has 13 heavy (non-hydrogen) atoms. The van der Waals surface area contributed by atoms with Crippen LogP contribution in [0.3, 0.4) is 0 Å². The third-order valence-electron chi connectivity index (χ3n) is 1.89. The van der Waals surface area contributed by atoms with Gasteiger partial charge in [-0.2, -0.15) is 0 Å². The summed E-state index contributed by atoms with van der Waals surface area (Å²) in [6, 6.07) is 0. The van der Waals surface area contributed by atoms with Gasteiger partial charge in [-0.1, -0.05) is 39.7 Å². The van der Waals surface area contributed by atoms with E-state index in [0.717, 1.165) is 19.3 Å². The van der Waals surface area contributed by atoms with Gasteiger partial charge < -0.3 is 5.11 Å². The second-order valence-electron chi connectivity index (χ2n) is 3.59. The first-order valence-corrected chi connectivity index (χ1v) is 6.02. The van der Waals surface area contributed by atoms with Crippen LogP contribution in [0.5, 0.6) is 0 Å². The highest BCUT2D eigenvalue weighted by Crippen LogP contribution is 2.23. The van der Waals surface area contributed by atoms with E-state index in [1.807, 2.05) is 6.08 Å². The molecule has 0 spiro atoms. The quantitative estimate of drug-likeness (QED) is 0.640. The predicted molar refractivity (Wildman–Crippen MR) is 62.2 cm³/mol. The number of rotatable bonds is 7. The summed E-state index contributed by atoms with van der Waals surface area (Å²) in [5.41, 5.74) is 0. The molecule has 0 amide bonds. The van der Waals surface area contributed by atoms with Crippen molar-refractivity contribution in [2.24, 2.45) is 0 Å². The molecule has 1 nitrogen and oxygen atoms in total. The van der Waals surface area contributed by atoms with E-state index in [1.165, 1.54) is 0 Å². The number of unbranched alkanes of at least 4 members (excludes halogenated alkanes) is 1. The molecule has 0 heterocycles. The summed E-state index contributed by atoms with van der Waals surface area (Å²) in [7, 11) is 0. The molecule has 2 unspecified atom stereocenters. The fourth-order valence-electron chi connectivity index (χ4n) is 1.20. The Morgan fingerprint density at radius 1 is 1.46 bits per heavy atom. The summed E-state index contributed by atoms with van der Waals surface area (Å²) in [6.07, 6.45) is 4.79. The average molecular weight is 202 g/mol. The highest BCUT2D eigenvalue weighted by atomic mass is 32.2. The van der Waals surface area contributed by atoms with E-state index in [2.05, 4.69) is 27.4 Å². The standard InChI is InChI=1S/C11H22OS/c1-5-7-8-10(12)11(6-2)13-9(3)4/h6,9-12H,2,5,7-8H2,1,3-4H3. The van der Waals surface area contributed by atoms with Gasteiger partial charge in [-0.25, -0.2) is 0 Å². The average Bonchev–Trinajstić information content (AvgIpc) is 2.09. The Bertz CT molecular complexity index is 134. The van der Waals surface area contributed by atoms with Gasteiger partial charge in [0.1, 0.15) is 0 Å². The Morgan fingerprint density at radius 2 is 2.08 bits per heavy atom. The lowest BCUT2D eigenvalue weighted by atomic mass is 10.1. The van der Waals surface area contributed by atoms with Crippen molar-refractivity contribution < 1.29 is 5.11 Å². The first-order valence-electron chi connectivity index (χ1n) is 5.07. The van der Waals surface area contributed by atoms with E-state index in [1.54, 1.807) is 11.8 Å². The molecule has 0 saturated carbocycles. The molecule has 1 N–H and O–H groups in total. The summed E-state index contributed by atoms with van der Waals surface area (Å²) < 4.78 is 0. The number of hydrogen-bond donors (Lipinski definition) is 1. The second kappa shape index (κ2) is 7.45. The molecular formula is C11H22OS. The maximum Gasteiger partial charge on any atom is 0.0693 e. The third kappa shape index (κ3) is 6.17. The van der Waals surface area contributed by atoms with Crippen LogP contribution in [0.4, 0.5) is 0 Å². The van der Waals surface area contributed by atoms with Gasteiger partial charge in [0.15, 0.2) is 0 Å². The van der Waals surface area contributed by atoms with Gasteiger partial charge in [-0.05, 0) is 11.7 Å². The zero-order chi connectivity index (χ0) is 10.3. The third-order valence-corrected chi connectivity index (χ3v) is 3.26. The Morgan fingerprint density at radius 3 is 2.46 bits per heavy atom. The second-order valence-corrected chi connectivity index (χ2v) is 5.35. The van der Waals surface area contributed by atoms with Crippen molar-refractivity contribution in [3.63, 3.8) is 0 Å². The van der Waals surface area contributed by atoms with Crippen molar-refractivity contribution in [3.8, 4) is 0 Å². The molecule has 0 aliphatic carbocycles. The van der Waals surface area contributed by atoms with E-state index in [4.69, 9.17) is 0 Å². The Labute approximate surface area is 86.6 Å². The number of aliphatic hydroxyl groups is 1. The number of hydrogen-bond acceptors (Lipinski definition) is 2. The van der Waals surface area contributed by atoms with Crippen molar-refractivity contribution in [1.29, 1.82) is 0 Å². The highest BCUT2D eigenvalue weighted by Gasteiger charge is 2.16. The van der Waals surface area contributed by atoms with Crippen molar-refractivity contribution in [2.75, 3.05) is 0 Å². The zero-order valence-electron chi connectivity index (χ0n) is 8.99. The van der Waals surface area contributed by atoms with Gasteiger partial charge in [-0.3, -0.25) is 0 Å². The van der Waals surface area contributed by atoms with E-state index < -0.39 is 0 Å². The van der Waals surface area contributed by atoms with Crippen molar-refractivity contribution in [2.45, 2.75) is 56.6 Å². The van der Waals surface area contributed by atoms with Crippen LogP contribution in [0.25, 0.3) is 0 Å². The largest absolute Gasteiger partial charge is 0.392 e. The van der Waals surface area contributed by atoms with Crippen molar-refractivity contribution >= 4 is 11.8 Å². The van der Waals surface area contributed by atoms with E-state index >= 15 is 0 Å². The van der Waals surface area contributed by atoms with Gasteiger partial charge in [-0.15, -0.1) is 18.3 Å². The van der Waals surface area contributed by atoms with E-state index in [-0.39, 0.29) is 11.4 Å². The fourth-order valence-corrected chi connectivity index (χ4v) is 2.25. The SMILES string of the molecule is C=CC(SC(C)C)C(O)CCCC. The van der Waals surface area contributed by atoms with Crippen LogP contribution in [0.1, 0.15) is 40.0 Å². The molecule has 0 rings (SSSR count). The van der Waals surface area contributed by atoms with Gasteiger partial charge in [0.25, 0.3) is 0 Å². The van der Waals surface area contributed by atoms with Crippen LogP contribution in [-0.2, 0) is 0 Å². The molecule has 0 saturated heterocycles. The normalized spacial score (nSPS) is 15.8. The first kappa shape index (κ1) is 13.1. The summed E-state index contributed by atoms with van der Waals surface area (Å²) in [5.74, 6) is 0. The molecule has 78 valence electrons. The molecule has 0 aliphatic heterocycles. The number of aliphatic hydroxyl groups excluding tert-OH is 1. The molecule has 2 heteroatoms. The minimum Gasteiger partial charge on any atom is -0.392 e. The van der Waals surface area contributed by atoms with E-state index in [0.29, 0.717) is 5.25 Å². The van der Waals surface area contributed by atoms with Gasteiger partial charge >= 0.3 is 0 Å². The number of thioether (sulfide) groups is 1. The molecule has 2 atom stereocenters. The fraction of sp³-hybridized carbons (Fsp3) is 0.818. The van der Waals surface area contributed by atoms with Gasteiger partial charge in [0, 0.05) is 5.25 Å². The van der Waals surface area contributed by atoms with Crippen molar-refractivity contribution in [1.82, 2.24) is 0 Å². The van der Waals surface area contributed by atoms with Crippen LogP contribution in [-0.4, -0.2) is 21.7 Å². The van der Waals surface area contributed by atoms with Crippen LogP contribution < -0.4 is 0 Å². The maximum absolute atomic E-state index is 9.80. The van der Waals surface area contributed by atoms with Crippen LogP contribution in [0.15, 0.2) is 12.7 Å². The van der Waals surface area contributed by atoms with Crippen LogP contribution in [0, 0.1) is 0 Å². The summed E-state index contributed by atoms with van der Waals surface area (Å²) in [6.45, 7) is 10.2. The Balaban J connectivity index is 3.84. The predicted octanol–water partition coefficient (Wildman–Crippen LogP) is 3.23. The molecule has 0 aromatic rings. The summed E-state index contributed by atoms with van der Waals surface area (Å²) in [4.78, 5) is 0.